The maximum absolute atomic E-state index is 13.4. The molecule has 2 aromatic rings. The van der Waals surface area contributed by atoms with Gasteiger partial charge in [-0.2, -0.15) is 0 Å². The van der Waals surface area contributed by atoms with Crippen LogP contribution in [0, 0.1) is 23.5 Å². The Bertz CT molecular complexity index is 1020. The van der Waals surface area contributed by atoms with E-state index >= 15 is 0 Å². The van der Waals surface area contributed by atoms with Crippen LogP contribution in [0.1, 0.15) is 31.9 Å². The summed E-state index contributed by atoms with van der Waals surface area (Å²) in [5, 5.41) is 5.62. The van der Waals surface area contributed by atoms with E-state index in [1.807, 2.05) is 0 Å². The summed E-state index contributed by atoms with van der Waals surface area (Å²) < 4.78 is 32.2. The Morgan fingerprint density at radius 3 is 1.69 bits per heavy atom. The Labute approximate surface area is 210 Å². The molecular weight excluding hydrogens is 468 g/mol. The van der Waals surface area contributed by atoms with Crippen molar-refractivity contribution in [2.45, 2.75) is 39.2 Å². The van der Waals surface area contributed by atoms with Gasteiger partial charge in [-0.1, -0.05) is 24.3 Å². The van der Waals surface area contributed by atoms with Gasteiger partial charge >= 0.3 is 6.09 Å². The number of carbonyl (C=O) groups is 3. The summed E-state index contributed by atoms with van der Waals surface area (Å²) in [6, 6.07) is 12.3. The molecular formula is C27H33F2N3O4. The number of nitrogens with zero attached hydrogens (tertiary/aromatic N) is 1. The minimum atomic E-state index is -0.765. The Hall–Kier alpha value is -3.49. The van der Waals surface area contributed by atoms with Gasteiger partial charge in [-0.25, -0.2) is 13.6 Å². The molecule has 2 atom stereocenters. The fourth-order valence-electron chi connectivity index (χ4n) is 4.12. The number of hydrogen-bond donors (Lipinski definition) is 2. The molecule has 1 fully saturated rings. The largest absolute Gasteiger partial charge is 0.444 e. The van der Waals surface area contributed by atoms with Gasteiger partial charge in [0.2, 0.25) is 11.8 Å². The van der Waals surface area contributed by atoms with Gasteiger partial charge in [-0.05, 0) is 69.0 Å². The molecule has 0 bridgehead atoms. The van der Waals surface area contributed by atoms with E-state index in [0.29, 0.717) is 12.8 Å². The smallest absolute Gasteiger partial charge is 0.410 e. The molecule has 0 aromatic heterocycles. The highest BCUT2D eigenvalue weighted by molar-refractivity contribution is 5.89. The van der Waals surface area contributed by atoms with E-state index in [2.05, 4.69) is 10.6 Å². The second-order valence-electron chi connectivity index (χ2n) is 9.94. The third-order valence-corrected chi connectivity index (χ3v) is 5.85. The van der Waals surface area contributed by atoms with Crippen LogP contribution in [0.15, 0.2) is 48.5 Å². The number of benzene rings is 2. The predicted molar refractivity (Wildman–Crippen MR) is 131 cm³/mol. The average molecular weight is 502 g/mol. The predicted octanol–water partition coefficient (Wildman–Crippen LogP) is 3.47. The molecule has 0 unspecified atom stereocenters. The summed E-state index contributed by atoms with van der Waals surface area (Å²) in [4.78, 5) is 40.0. The quantitative estimate of drug-likeness (QED) is 0.580. The molecule has 1 heterocycles. The van der Waals surface area contributed by atoms with Gasteiger partial charge in [0.15, 0.2) is 0 Å². The Kier molecular flexibility index (Phi) is 9.01. The third kappa shape index (κ3) is 8.03. The van der Waals surface area contributed by atoms with Crippen LogP contribution in [-0.4, -0.2) is 54.6 Å². The zero-order chi connectivity index (χ0) is 26.3. The van der Waals surface area contributed by atoms with Crippen molar-refractivity contribution in [3.05, 3.63) is 71.3 Å². The zero-order valence-electron chi connectivity index (χ0n) is 20.9. The monoisotopic (exact) mass is 501 g/mol. The molecule has 0 aliphatic carbocycles. The van der Waals surface area contributed by atoms with Gasteiger partial charge in [0, 0.05) is 26.2 Å². The highest BCUT2D eigenvalue weighted by Crippen LogP contribution is 2.26. The first-order valence-electron chi connectivity index (χ1n) is 12.0. The second kappa shape index (κ2) is 12.0. The first-order chi connectivity index (χ1) is 17.0. The van der Waals surface area contributed by atoms with Crippen molar-refractivity contribution in [3.8, 4) is 0 Å². The van der Waals surface area contributed by atoms with Gasteiger partial charge in [0.1, 0.15) is 17.2 Å². The lowest BCUT2D eigenvalue weighted by Crippen LogP contribution is -2.42. The lowest BCUT2D eigenvalue weighted by atomic mass is 9.94. The van der Waals surface area contributed by atoms with Gasteiger partial charge in [0.25, 0.3) is 0 Å². The molecule has 2 N–H and O–H groups in total. The molecule has 194 valence electrons. The van der Waals surface area contributed by atoms with E-state index in [9.17, 15) is 23.2 Å². The molecule has 9 heteroatoms. The summed E-state index contributed by atoms with van der Waals surface area (Å²) in [7, 11) is 0. The summed E-state index contributed by atoms with van der Waals surface area (Å²) >= 11 is 0. The maximum Gasteiger partial charge on any atom is 0.410 e. The average Bonchev–Trinajstić information content (AvgIpc) is 3.24. The van der Waals surface area contributed by atoms with Crippen LogP contribution in [0.4, 0.5) is 13.6 Å². The molecule has 3 amide bonds. The normalized spacial score (nSPS) is 17.5. The van der Waals surface area contributed by atoms with E-state index < -0.39 is 23.5 Å². The van der Waals surface area contributed by atoms with Crippen molar-refractivity contribution in [2.75, 3.05) is 26.2 Å². The molecule has 36 heavy (non-hydrogen) atoms. The van der Waals surface area contributed by atoms with Gasteiger partial charge < -0.3 is 20.3 Å². The minimum absolute atomic E-state index is 0.0443. The van der Waals surface area contributed by atoms with Crippen LogP contribution in [0.5, 0.6) is 0 Å². The summed E-state index contributed by atoms with van der Waals surface area (Å²) in [5.41, 5.74) is 0.762. The van der Waals surface area contributed by atoms with Crippen molar-refractivity contribution in [1.82, 2.24) is 15.5 Å². The molecule has 0 radical (unpaired) electrons. The van der Waals surface area contributed by atoms with Crippen LogP contribution < -0.4 is 10.6 Å². The molecule has 1 aliphatic rings. The maximum atomic E-state index is 13.4. The fraction of sp³-hybridized carbons (Fsp3) is 0.444. The number of rotatable bonds is 8. The molecule has 0 saturated carbocycles. The summed E-state index contributed by atoms with van der Waals surface area (Å²) in [5.74, 6) is -2.95. The number of likely N-dealkylation sites (tertiary alicyclic amines) is 1. The van der Waals surface area contributed by atoms with Crippen molar-refractivity contribution in [2.24, 2.45) is 11.8 Å². The van der Waals surface area contributed by atoms with Crippen molar-refractivity contribution in [3.63, 3.8) is 0 Å². The first kappa shape index (κ1) is 27.1. The van der Waals surface area contributed by atoms with Gasteiger partial charge in [0.05, 0.1) is 11.8 Å². The highest BCUT2D eigenvalue weighted by Gasteiger charge is 2.44. The lowest BCUT2D eigenvalue weighted by molar-refractivity contribution is -0.132. The van der Waals surface area contributed by atoms with E-state index in [-0.39, 0.29) is 49.6 Å². The second-order valence-corrected chi connectivity index (χ2v) is 9.94. The summed E-state index contributed by atoms with van der Waals surface area (Å²) in [6.45, 7) is 5.85. The molecule has 3 rings (SSSR count). The Morgan fingerprint density at radius 1 is 0.861 bits per heavy atom. The Morgan fingerprint density at radius 2 is 1.31 bits per heavy atom. The van der Waals surface area contributed by atoms with E-state index in [1.54, 1.807) is 45.0 Å². The molecule has 2 aromatic carbocycles. The topological polar surface area (TPSA) is 87.7 Å². The number of halogens is 2. The van der Waals surface area contributed by atoms with Crippen molar-refractivity contribution >= 4 is 17.9 Å². The van der Waals surface area contributed by atoms with Gasteiger partial charge in [-0.3, -0.25) is 9.59 Å². The minimum Gasteiger partial charge on any atom is -0.444 e. The molecule has 0 spiro atoms. The zero-order valence-corrected chi connectivity index (χ0v) is 20.9. The van der Waals surface area contributed by atoms with Crippen LogP contribution in [0.25, 0.3) is 0 Å². The number of carbonyl (C=O) groups excluding carboxylic acids is 3. The van der Waals surface area contributed by atoms with E-state index in [4.69, 9.17) is 4.74 Å². The SMILES string of the molecule is CC(C)(C)OC(=O)N1C[C@@H](C(=O)NCCc2cccc(F)c2)[C@H](C(=O)NCCc2cccc(F)c2)C1. The number of nitrogens with one attached hydrogen (secondary N) is 2. The summed E-state index contributed by atoms with van der Waals surface area (Å²) in [6.07, 6.45) is 0.266. The van der Waals surface area contributed by atoms with Crippen LogP contribution in [0.3, 0.4) is 0 Å². The molecule has 7 nitrogen and oxygen atoms in total. The van der Waals surface area contributed by atoms with E-state index in [0.717, 1.165) is 11.1 Å². The number of ether oxygens (including phenoxy) is 1. The fourth-order valence-corrected chi connectivity index (χ4v) is 4.12. The number of hydrogen-bond acceptors (Lipinski definition) is 4. The van der Waals surface area contributed by atoms with E-state index in [1.165, 1.54) is 29.2 Å². The van der Waals surface area contributed by atoms with Crippen molar-refractivity contribution < 1.29 is 27.9 Å². The first-order valence-corrected chi connectivity index (χ1v) is 12.0. The lowest BCUT2D eigenvalue weighted by Gasteiger charge is -2.24. The standard InChI is InChI=1S/C27H33F2N3O4/c1-27(2,3)36-26(35)32-16-22(24(33)30-12-10-18-6-4-8-20(28)14-18)23(17-32)25(34)31-13-11-19-7-5-9-21(29)15-19/h4-9,14-15,22-23H,10-13,16-17H2,1-3H3,(H,30,33)(H,31,34)/t22-,23-/m1/s1. The Balaban J connectivity index is 1.62. The third-order valence-electron chi connectivity index (χ3n) is 5.85. The number of amides is 3. The van der Waals surface area contributed by atoms with Crippen LogP contribution >= 0.6 is 0 Å². The molecule has 1 aliphatic heterocycles. The molecule has 1 saturated heterocycles. The van der Waals surface area contributed by atoms with Gasteiger partial charge in [-0.15, -0.1) is 0 Å². The van der Waals surface area contributed by atoms with Crippen LogP contribution in [-0.2, 0) is 27.2 Å². The van der Waals surface area contributed by atoms with Crippen LogP contribution in [0.2, 0.25) is 0 Å². The highest BCUT2D eigenvalue weighted by atomic mass is 19.1. The van der Waals surface area contributed by atoms with Crippen molar-refractivity contribution in [1.29, 1.82) is 0 Å².